The summed E-state index contributed by atoms with van der Waals surface area (Å²) >= 11 is 1.46. The molecular formula is C18H28N6O2S. The van der Waals surface area contributed by atoms with E-state index in [1.165, 1.54) is 24.2 Å². The van der Waals surface area contributed by atoms with Crippen LogP contribution in [0.15, 0.2) is 0 Å². The van der Waals surface area contributed by atoms with Crippen LogP contribution in [-0.2, 0) is 9.59 Å². The number of carbonyl (C=O) groups excluding carboxylic acids is 2. The average Bonchev–Trinajstić information content (AvgIpc) is 3.43. The third-order valence-electron chi connectivity index (χ3n) is 5.70. The summed E-state index contributed by atoms with van der Waals surface area (Å²) in [5.41, 5.74) is 0. The van der Waals surface area contributed by atoms with Gasteiger partial charge >= 0.3 is 0 Å². The minimum absolute atomic E-state index is 0.00176. The van der Waals surface area contributed by atoms with E-state index in [1.54, 1.807) is 4.90 Å². The number of nitrogens with one attached hydrogen (secondary N) is 1. The largest absolute Gasteiger partial charge is 0.355 e. The van der Waals surface area contributed by atoms with Crippen molar-refractivity contribution in [2.45, 2.75) is 38.5 Å². The zero-order chi connectivity index (χ0) is 18.6. The van der Waals surface area contributed by atoms with Gasteiger partial charge in [-0.3, -0.25) is 14.5 Å². The van der Waals surface area contributed by atoms with E-state index in [1.807, 2.05) is 0 Å². The lowest BCUT2D eigenvalue weighted by Crippen LogP contribution is -2.44. The molecule has 3 saturated heterocycles. The maximum absolute atomic E-state index is 12.6. The van der Waals surface area contributed by atoms with E-state index < -0.39 is 0 Å². The number of amides is 2. The Morgan fingerprint density at radius 3 is 2.67 bits per heavy atom. The van der Waals surface area contributed by atoms with Gasteiger partial charge in [-0.15, -0.1) is 10.2 Å². The summed E-state index contributed by atoms with van der Waals surface area (Å²) in [7, 11) is 0. The predicted octanol–water partition coefficient (Wildman–Crippen LogP) is 1.09. The lowest BCUT2D eigenvalue weighted by molar-refractivity contribution is -0.125. The molecule has 4 heterocycles. The van der Waals surface area contributed by atoms with Crippen LogP contribution in [0, 0.1) is 5.92 Å². The molecule has 9 heteroatoms. The molecule has 8 nitrogen and oxygen atoms in total. The van der Waals surface area contributed by atoms with E-state index in [0.717, 1.165) is 63.7 Å². The highest BCUT2D eigenvalue weighted by atomic mass is 32.1. The molecule has 148 valence electrons. The fourth-order valence-electron chi connectivity index (χ4n) is 4.15. The molecular weight excluding hydrogens is 364 g/mol. The molecule has 4 rings (SSSR count). The van der Waals surface area contributed by atoms with Gasteiger partial charge < -0.3 is 15.1 Å². The van der Waals surface area contributed by atoms with E-state index in [0.29, 0.717) is 18.1 Å². The normalized spacial score (nSPS) is 24.0. The molecule has 1 aromatic rings. The summed E-state index contributed by atoms with van der Waals surface area (Å²) in [5, 5.41) is 13.1. The zero-order valence-electron chi connectivity index (χ0n) is 15.7. The SMILES string of the molecule is O=C(NCCN1CCCC1)C1CCCN(c2nnc(N3CCCC3=O)s2)C1. The molecule has 0 aliphatic carbocycles. The molecule has 2 amide bonds. The van der Waals surface area contributed by atoms with Crippen molar-refractivity contribution in [2.24, 2.45) is 5.92 Å². The Labute approximate surface area is 163 Å². The van der Waals surface area contributed by atoms with Gasteiger partial charge in [-0.25, -0.2) is 0 Å². The second kappa shape index (κ2) is 8.52. The van der Waals surface area contributed by atoms with E-state index in [2.05, 4.69) is 25.3 Å². The first-order valence-electron chi connectivity index (χ1n) is 10.1. The smallest absolute Gasteiger partial charge is 0.228 e. The number of likely N-dealkylation sites (tertiary alicyclic amines) is 1. The molecule has 1 atom stereocenters. The van der Waals surface area contributed by atoms with Crippen LogP contribution in [0.1, 0.15) is 38.5 Å². The molecule has 0 saturated carbocycles. The third-order valence-corrected chi connectivity index (χ3v) is 6.70. The second-order valence-corrected chi connectivity index (χ2v) is 8.58. The highest BCUT2D eigenvalue weighted by Gasteiger charge is 2.30. The number of hydrogen-bond donors (Lipinski definition) is 1. The first-order chi connectivity index (χ1) is 13.2. The van der Waals surface area contributed by atoms with Gasteiger partial charge in [-0.1, -0.05) is 11.3 Å². The maximum Gasteiger partial charge on any atom is 0.228 e. The first kappa shape index (κ1) is 18.6. The third kappa shape index (κ3) is 4.40. The quantitative estimate of drug-likeness (QED) is 0.781. The van der Waals surface area contributed by atoms with Crippen molar-refractivity contribution in [1.29, 1.82) is 0 Å². The Kier molecular flexibility index (Phi) is 5.87. The summed E-state index contributed by atoms with van der Waals surface area (Å²) < 4.78 is 0. The molecule has 0 bridgehead atoms. The van der Waals surface area contributed by atoms with Gasteiger partial charge in [0.25, 0.3) is 0 Å². The van der Waals surface area contributed by atoms with Crippen LogP contribution in [0.2, 0.25) is 0 Å². The number of anilines is 2. The van der Waals surface area contributed by atoms with Crippen molar-refractivity contribution in [2.75, 3.05) is 55.6 Å². The van der Waals surface area contributed by atoms with Crippen molar-refractivity contribution in [1.82, 2.24) is 20.4 Å². The van der Waals surface area contributed by atoms with Crippen molar-refractivity contribution < 1.29 is 9.59 Å². The molecule has 0 spiro atoms. The van der Waals surface area contributed by atoms with Crippen molar-refractivity contribution in [3.8, 4) is 0 Å². The minimum Gasteiger partial charge on any atom is -0.355 e. The minimum atomic E-state index is -0.00176. The molecule has 0 aromatic carbocycles. The highest BCUT2D eigenvalue weighted by Crippen LogP contribution is 2.32. The molecule has 27 heavy (non-hydrogen) atoms. The van der Waals surface area contributed by atoms with Crippen LogP contribution in [0.3, 0.4) is 0 Å². The van der Waals surface area contributed by atoms with Gasteiger partial charge in [-0.05, 0) is 45.2 Å². The second-order valence-electron chi connectivity index (χ2n) is 7.64. The van der Waals surface area contributed by atoms with Crippen molar-refractivity contribution in [3.05, 3.63) is 0 Å². The van der Waals surface area contributed by atoms with E-state index >= 15 is 0 Å². The van der Waals surface area contributed by atoms with Gasteiger partial charge in [-0.2, -0.15) is 0 Å². The Bertz CT molecular complexity index is 675. The van der Waals surface area contributed by atoms with Crippen LogP contribution in [0.5, 0.6) is 0 Å². The lowest BCUT2D eigenvalue weighted by Gasteiger charge is -2.31. The summed E-state index contributed by atoms with van der Waals surface area (Å²) in [6, 6.07) is 0. The molecule has 3 aliphatic heterocycles. The standard InChI is InChI=1S/C18H28N6O2S/c25-15-6-4-11-24(15)18-21-20-17(27-18)23-10-3-5-14(13-23)16(26)19-7-12-22-8-1-2-9-22/h14H,1-13H2,(H,19,26). The fourth-order valence-corrected chi connectivity index (χ4v) is 5.07. The number of piperidine rings is 1. The number of rotatable bonds is 6. The predicted molar refractivity (Wildman–Crippen MR) is 105 cm³/mol. The summed E-state index contributed by atoms with van der Waals surface area (Å²) in [6.45, 7) is 6.30. The first-order valence-corrected chi connectivity index (χ1v) is 10.9. The topological polar surface area (TPSA) is 81.7 Å². The Morgan fingerprint density at radius 1 is 1.07 bits per heavy atom. The van der Waals surface area contributed by atoms with Crippen molar-refractivity contribution >= 4 is 33.4 Å². The maximum atomic E-state index is 12.6. The Hall–Kier alpha value is -1.74. The van der Waals surface area contributed by atoms with E-state index in [4.69, 9.17) is 0 Å². The lowest BCUT2D eigenvalue weighted by atomic mass is 9.97. The fraction of sp³-hybridized carbons (Fsp3) is 0.778. The number of hydrogen-bond acceptors (Lipinski definition) is 7. The van der Waals surface area contributed by atoms with E-state index in [9.17, 15) is 9.59 Å². The van der Waals surface area contributed by atoms with Crippen LogP contribution in [0.25, 0.3) is 0 Å². The molecule has 1 N–H and O–H groups in total. The molecule has 0 radical (unpaired) electrons. The number of aromatic nitrogens is 2. The van der Waals surface area contributed by atoms with Gasteiger partial charge in [0, 0.05) is 39.1 Å². The number of nitrogens with zero attached hydrogens (tertiary/aromatic N) is 5. The van der Waals surface area contributed by atoms with Gasteiger partial charge in [0.1, 0.15) is 0 Å². The van der Waals surface area contributed by atoms with Crippen LogP contribution in [0.4, 0.5) is 10.3 Å². The van der Waals surface area contributed by atoms with Gasteiger partial charge in [0.15, 0.2) is 0 Å². The molecule has 1 aromatic heterocycles. The van der Waals surface area contributed by atoms with Gasteiger partial charge in [0.05, 0.1) is 5.92 Å². The van der Waals surface area contributed by atoms with Gasteiger partial charge in [0.2, 0.25) is 22.1 Å². The summed E-state index contributed by atoms with van der Waals surface area (Å²) in [4.78, 5) is 30.7. The highest BCUT2D eigenvalue weighted by molar-refractivity contribution is 7.19. The van der Waals surface area contributed by atoms with Crippen LogP contribution >= 0.6 is 11.3 Å². The number of carbonyl (C=O) groups is 2. The molecule has 1 unspecified atom stereocenters. The van der Waals surface area contributed by atoms with E-state index in [-0.39, 0.29) is 17.7 Å². The summed E-state index contributed by atoms with van der Waals surface area (Å²) in [5.74, 6) is 0.281. The van der Waals surface area contributed by atoms with Crippen LogP contribution < -0.4 is 15.1 Å². The Balaban J connectivity index is 1.29. The Morgan fingerprint density at radius 2 is 1.89 bits per heavy atom. The molecule has 3 aliphatic rings. The summed E-state index contributed by atoms with van der Waals surface area (Å²) in [6.07, 6.45) is 5.93. The zero-order valence-corrected chi connectivity index (χ0v) is 16.5. The van der Waals surface area contributed by atoms with Crippen LogP contribution in [-0.4, -0.2) is 72.7 Å². The average molecular weight is 393 g/mol. The van der Waals surface area contributed by atoms with Crippen molar-refractivity contribution in [3.63, 3.8) is 0 Å². The monoisotopic (exact) mass is 392 g/mol. The molecule has 3 fully saturated rings.